The van der Waals surface area contributed by atoms with Gasteiger partial charge in [0.25, 0.3) is 0 Å². The summed E-state index contributed by atoms with van der Waals surface area (Å²) in [5.41, 5.74) is 0.0639. The summed E-state index contributed by atoms with van der Waals surface area (Å²) < 4.78 is 5.03. The van der Waals surface area contributed by atoms with Crippen molar-refractivity contribution >= 4 is 0 Å². The molecule has 1 fully saturated rings. The van der Waals surface area contributed by atoms with Gasteiger partial charge in [0, 0.05) is 13.7 Å². The third-order valence-electron chi connectivity index (χ3n) is 4.05. The van der Waals surface area contributed by atoms with Crippen LogP contribution < -0.4 is 5.32 Å². The van der Waals surface area contributed by atoms with Crippen LogP contribution in [-0.2, 0) is 4.74 Å². The van der Waals surface area contributed by atoms with Gasteiger partial charge in [0.05, 0.1) is 12.7 Å². The molecule has 1 aliphatic rings. The van der Waals surface area contributed by atoms with Gasteiger partial charge >= 0.3 is 0 Å². The summed E-state index contributed by atoms with van der Waals surface area (Å²) in [5.74, 6) is 0.744. The molecule has 1 saturated carbocycles. The fourth-order valence-corrected chi connectivity index (χ4v) is 2.70. The summed E-state index contributed by atoms with van der Waals surface area (Å²) in [7, 11) is 1.69. The highest BCUT2D eigenvalue weighted by molar-refractivity contribution is 5.09. The molecular weight excluding hydrogens is 212 g/mol. The van der Waals surface area contributed by atoms with E-state index >= 15 is 0 Å². The van der Waals surface area contributed by atoms with E-state index in [0.29, 0.717) is 12.0 Å². The van der Waals surface area contributed by atoms with E-state index in [-0.39, 0.29) is 5.54 Å². The molecule has 0 amide bonds. The molecule has 0 bridgehead atoms. The Kier molecular flexibility index (Phi) is 4.97. The molecule has 3 heteroatoms. The Labute approximate surface area is 106 Å². The van der Waals surface area contributed by atoms with E-state index in [1.54, 1.807) is 7.11 Å². The first kappa shape index (κ1) is 14.5. The zero-order valence-electron chi connectivity index (χ0n) is 11.7. The van der Waals surface area contributed by atoms with Crippen molar-refractivity contribution < 1.29 is 4.74 Å². The van der Waals surface area contributed by atoms with Gasteiger partial charge in [-0.15, -0.1) is 0 Å². The number of hydrogen-bond donors (Lipinski definition) is 1. The fourth-order valence-electron chi connectivity index (χ4n) is 2.70. The van der Waals surface area contributed by atoms with Crippen LogP contribution in [0.5, 0.6) is 0 Å². The molecular formula is C14H26N2O. The SMILES string of the molecule is COCCNC1(C#N)CCC(C(C)(C)C)CC1. The molecule has 0 spiro atoms. The van der Waals surface area contributed by atoms with Crippen molar-refractivity contribution in [2.24, 2.45) is 11.3 Å². The van der Waals surface area contributed by atoms with Crippen molar-refractivity contribution in [2.75, 3.05) is 20.3 Å². The summed E-state index contributed by atoms with van der Waals surface area (Å²) >= 11 is 0. The molecule has 3 nitrogen and oxygen atoms in total. The minimum atomic E-state index is -0.305. The zero-order chi connectivity index (χ0) is 12.9. The Bertz CT molecular complexity index is 267. The predicted molar refractivity (Wildman–Crippen MR) is 69.6 cm³/mol. The third-order valence-corrected chi connectivity index (χ3v) is 4.05. The predicted octanol–water partition coefficient (Wildman–Crippen LogP) is 2.72. The zero-order valence-corrected chi connectivity index (χ0v) is 11.7. The second kappa shape index (κ2) is 5.84. The average Bonchev–Trinajstić information content (AvgIpc) is 2.29. The lowest BCUT2D eigenvalue weighted by molar-refractivity contribution is 0.129. The fraction of sp³-hybridized carbons (Fsp3) is 0.929. The van der Waals surface area contributed by atoms with Crippen molar-refractivity contribution in [1.82, 2.24) is 5.32 Å². The first-order valence-electron chi connectivity index (χ1n) is 6.59. The highest BCUT2D eigenvalue weighted by Gasteiger charge is 2.38. The maximum Gasteiger partial charge on any atom is 0.106 e. The topological polar surface area (TPSA) is 45.0 Å². The Hall–Kier alpha value is -0.590. The molecule has 1 N–H and O–H groups in total. The van der Waals surface area contributed by atoms with E-state index in [4.69, 9.17) is 4.74 Å². The smallest absolute Gasteiger partial charge is 0.106 e. The molecule has 0 aromatic carbocycles. The Balaban J connectivity index is 2.49. The second-order valence-corrected chi connectivity index (χ2v) is 6.25. The molecule has 1 aliphatic carbocycles. The number of nitriles is 1. The van der Waals surface area contributed by atoms with E-state index in [2.05, 4.69) is 32.2 Å². The lowest BCUT2D eigenvalue weighted by Gasteiger charge is -2.41. The summed E-state index contributed by atoms with van der Waals surface area (Å²) in [6, 6.07) is 2.48. The number of hydrogen-bond acceptors (Lipinski definition) is 3. The summed E-state index contributed by atoms with van der Waals surface area (Å²) in [5, 5.41) is 12.7. The van der Waals surface area contributed by atoms with Crippen LogP contribution in [-0.4, -0.2) is 25.8 Å². The summed E-state index contributed by atoms with van der Waals surface area (Å²) in [6.45, 7) is 8.34. The molecule has 0 aliphatic heterocycles. The summed E-state index contributed by atoms with van der Waals surface area (Å²) in [4.78, 5) is 0. The van der Waals surface area contributed by atoms with Crippen LogP contribution in [0.3, 0.4) is 0 Å². The van der Waals surface area contributed by atoms with Gasteiger partial charge in [-0.2, -0.15) is 5.26 Å². The molecule has 0 unspecified atom stereocenters. The lowest BCUT2D eigenvalue weighted by Crippen LogP contribution is -2.49. The average molecular weight is 238 g/mol. The Morgan fingerprint density at radius 3 is 2.35 bits per heavy atom. The maximum absolute atomic E-state index is 9.38. The van der Waals surface area contributed by atoms with Gasteiger partial charge in [-0.3, -0.25) is 5.32 Å². The van der Waals surface area contributed by atoms with E-state index in [0.717, 1.165) is 38.1 Å². The van der Waals surface area contributed by atoms with Crippen molar-refractivity contribution in [3.63, 3.8) is 0 Å². The van der Waals surface area contributed by atoms with Gasteiger partial charge in [0.15, 0.2) is 0 Å². The molecule has 0 radical (unpaired) electrons. The van der Waals surface area contributed by atoms with Crippen molar-refractivity contribution in [3.05, 3.63) is 0 Å². The lowest BCUT2D eigenvalue weighted by atomic mass is 9.67. The van der Waals surface area contributed by atoms with Gasteiger partial charge < -0.3 is 4.74 Å². The van der Waals surface area contributed by atoms with E-state index in [1.807, 2.05) is 0 Å². The van der Waals surface area contributed by atoms with Gasteiger partial charge in [-0.25, -0.2) is 0 Å². The van der Waals surface area contributed by atoms with Crippen LogP contribution >= 0.6 is 0 Å². The maximum atomic E-state index is 9.38. The van der Waals surface area contributed by atoms with E-state index in [1.165, 1.54) is 0 Å². The molecule has 0 saturated heterocycles. The Morgan fingerprint density at radius 2 is 1.94 bits per heavy atom. The molecule has 0 atom stereocenters. The van der Waals surface area contributed by atoms with Crippen molar-refractivity contribution in [3.8, 4) is 6.07 Å². The monoisotopic (exact) mass is 238 g/mol. The van der Waals surface area contributed by atoms with E-state index < -0.39 is 0 Å². The minimum Gasteiger partial charge on any atom is -0.383 e. The normalized spacial score (nSPS) is 29.9. The molecule has 0 heterocycles. The van der Waals surface area contributed by atoms with Crippen LogP contribution in [0.25, 0.3) is 0 Å². The van der Waals surface area contributed by atoms with Gasteiger partial charge in [0.1, 0.15) is 5.54 Å². The van der Waals surface area contributed by atoms with Crippen LogP contribution in [0.1, 0.15) is 46.5 Å². The number of methoxy groups -OCH3 is 1. The summed E-state index contributed by atoms with van der Waals surface area (Å²) in [6.07, 6.45) is 4.23. The van der Waals surface area contributed by atoms with Gasteiger partial charge in [-0.1, -0.05) is 20.8 Å². The number of nitrogens with one attached hydrogen (secondary N) is 1. The highest BCUT2D eigenvalue weighted by Crippen LogP contribution is 2.41. The number of rotatable bonds is 4. The van der Waals surface area contributed by atoms with Gasteiger partial charge in [-0.05, 0) is 37.0 Å². The van der Waals surface area contributed by atoms with Crippen LogP contribution in [0.4, 0.5) is 0 Å². The molecule has 0 aromatic heterocycles. The largest absolute Gasteiger partial charge is 0.383 e. The van der Waals surface area contributed by atoms with Crippen LogP contribution in [0.2, 0.25) is 0 Å². The highest BCUT2D eigenvalue weighted by atomic mass is 16.5. The minimum absolute atomic E-state index is 0.305. The number of ether oxygens (including phenoxy) is 1. The van der Waals surface area contributed by atoms with Gasteiger partial charge in [0.2, 0.25) is 0 Å². The van der Waals surface area contributed by atoms with E-state index in [9.17, 15) is 5.26 Å². The third kappa shape index (κ3) is 3.97. The number of nitrogens with zero attached hydrogens (tertiary/aromatic N) is 1. The second-order valence-electron chi connectivity index (χ2n) is 6.25. The molecule has 1 rings (SSSR count). The van der Waals surface area contributed by atoms with Crippen LogP contribution in [0, 0.1) is 22.7 Å². The molecule has 0 aromatic rings. The first-order chi connectivity index (χ1) is 7.93. The Morgan fingerprint density at radius 1 is 1.35 bits per heavy atom. The van der Waals surface area contributed by atoms with Crippen molar-refractivity contribution in [1.29, 1.82) is 5.26 Å². The molecule has 98 valence electrons. The van der Waals surface area contributed by atoms with Crippen LogP contribution in [0.15, 0.2) is 0 Å². The van der Waals surface area contributed by atoms with Crippen molar-refractivity contribution in [2.45, 2.75) is 52.0 Å². The molecule has 17 heavy (non-hydrogen) atoms. The quantitative estimate of drug-likeness (QED) is 0.766. The standard InChI is InChI=1S/C14H26N2O/c1-13(2,3)12-5-7-14(11-15,8-6-12)16-9-10-17-4/h12,16H,5-10H2,1-4H3. The first-order valence-corrected chi connectivity index (χ1v) is 6.59.